The van der Waals surface area contributed by atoms with E-state index in [1.165, 1.54) is 0 Å². The van der Waals surface area contributed by atoms with Crippen molar-refractivity contribution in [3.8, 4) is 16.9 Å². The van der Waals surface area contributed by atoms with Crippen LogP contribution in [0.15, 0.2) is 66.2 Å². The molecule has 0 bridgehead atoms. The number of benzene rings is 2. The number of hydrogen-bond acceptors (Lipinski definition) is 2. The Morgan fingerprint density at radius 3 is 2.48 bits per heavy atom. The summed E-state index contributed by atoms with van der Waals surface area (Å²) in [5, 5.41) is 8.85. The lowest BCUT2D eigenvalue weighted by Crippen LogP contribution is -2.12. The monoisotopic (exact) mass is 310 g/mol. The van der Waals surface area contributed by atoms with Gasteiger partial charge in [0.05, 0.1) is 6.10 Å². The van der Waals surface area contributed by atoms with Crippen molar-refractivity contribution >= 4 is 5.97 Å². The lowest BCUT2D eigenvalue weighted by atomic mass is 10.0. The lowest BCUT2D eigenvalue weighted by Gasteiger charge is -2.17. The zero-order valence-electron chi connectivity index (χ0n) is 13.5. The van der Waals surface area contributed by atoms with Crippen LogP contribution in [0, 0.1) is 0 Å². The molecule has 2 aromatic carbocycles. The van der Waals surface area contributed by atoms with Gasteiger partial charge in [0.25, 0.3) is 0 Å². The normalized spacial score (nSPS) is 12.7. The molecule has 0 amide bonds. The summed E-state index contributed by atoms with van der Waals surface area (Å²) in [6.45, 7) is 3.62. The minimum absolute atomic E-state index is 0.0118. The van der Waals surface area contributed by atoms with Gasteiger partial charge < -0.3 is 9.84 Å². The summed E-state index contributed by atoms with van der Waals surface area (Å²) < 4.78 is 6.07. The molecule has 0 fully saturated rings. The van der Waals surface area contributed by atoms with E-state index in [0.29, 0.717) is 12.0 Å². The fraction of sp³-hybridized carbons (Fsp3) is 0.250. The number of carboxylic acid groups (broad SMARTS) is 1. The van der Waals surface area contributed by atoms with Crippen molar-refractivity contribution < 1.29 is 14.6 Å². The molecule has 0 saturated heterocycles. The number of allylic oxidation sites excluding steroid dienone is 1. The molecule has 0 aliphatic carbocycles. The first-order valence-corrected chi connectivity index (χ1v) is 7.79. The summed E-state index contributed by atoms with van der Waals surface area (Å²) in [5.41, 5.74) is 2.57. The summed E-state index contributed by atoms with van der Waals surface area (Å²) >= 11 is 0. The van der Waals surface area contributed by atoms with Crippen LogP contribution in [0.25, 0.3) is 11.1 Å². The van der Waals surface area contributed by atoms with Gasteiger partial charge >= 0.3 is 5.97 Å². The number of carboxylic acids is 1. The Morgan fingerprint density at radius 2 is 1.78 bits per heavy atom. The van der Waals surface area contributed by atoms with E-state index in [-0.39, 0.29) is 6.10 Å². The first-order valence-electron chi connectivity index (χ1n) is 7.79. The standard InChI is InChI=1S/C20H22O3/c1-15(20(21)22)9-8-10-16(2)23-19-14-7-6-13-18(19)17-11-4-3-5-12-17/h3-7,9,11-14,16H,8,10H2,1-2H3,(H,21,22). The maximum absolute atomic E-state index is 10.8. The van der Waals surface area contributed by atoms with Gasteiger partial charge in [-0.3, -0.25) is 0 Å². The second kappa shape index (κ2) is 8.18. The summed E-state index contributed by atoms with van der Waals surface area (Å²) in [6.07, 6.45) is 3.21. The molecule has 1 N–H and O–H groups in total. The third-order valence-electron chi connectivity index (χ3n) is 3.66. The van der Waals surface area contributed by atoms with Gasteiger partial charge in [-0.2, -0.15) is 0 Å². The molecule has 0 aliphatic rings. The average molecular weight is 310 g/mol. The van der Waals surface area contributed by atoms with E-state index in [2.05, 4.69) is 12.1 Å². The van der Waals surface area contributed by atoms with E-state index in [1.807, 2.05) is 49.4 Å². The van der Waals surface area contributed by atoms with Crippen molar-refractivity contribution in [3.05, 3.63) is 66.2 Å². The third-order valence-corrected chi connectivity index (χ3v) is 3.66. The van der Waals surface area contributed by atoms with Crippen molar-refractivity contribution in [2.24, 2.45) is 0 Å². The highest BCUT2D eigenvalue weighted by Gasteiger charge is 2.09. The van der Waals surface area contributed by atoms with Gasteiger partial charge in [-0.25, -0.2) is 4.79 Å². The van der Waals surface area contributed by atoms with Crippen LogP contribution in [-0.2, 0) is 4.79 Å². The minimum Gasteiger partial charge on any atom is -0.490 e. The van der Waals surface area contributed by atoms with Crippen LogP contribution in [0.4, 0.5) is 0 Å². The van der Waals surface area contributed by atoms with Crippen LogP contribution in [0.5, 0.6) is 5.75 Å². The molecule has 2 aromatic rings. The van der Waals surface area contributed by atoms with Gasteiger partial charge in [-0.05, 0) is 38.3 Å². The average Bonchev–Trinajstić information content (AvgIpc) is 2.56. The van der Waals surface area contributed by atoms with E-state index in [0.717, 1.165) is 23.3 Å². The van der Waals surface area contributed by atoms with Gasteiger partial charge in [-0.15, -0.1) is 0 Å². The van der Waals surface area contributed by atoms with Crippen molar-refractivity contribution in [2.45, 2.75) is 32.8 Å². The van der Waals surface area contributed by atoms with Crippen LogP contribution < -0.4 is 4.74 Å². The highest BCUT2D eigenvalue weighted by Crippen LogP contribution is 2.30. The van der Waals surface area contributed by atoms with Gasteiger partial charge in [0, 0.05) is 11.1 Å². The van der Waals surface area contributed by atoms with E-state index < -0.39 is 5.97 Å². The second-order valence-electron chi connectivity index (χ2n) is 5.56. The fourth-order valence-corrected chi connectivity index (χ4v) is 2.32. The number of ether oxygens (including phenoxy) is 1. The van der Waals surface area contributed by atoms with Gasteiger partial charge in [-0.1, -0.05) is 54.6 Å². The first-order chi connectivity index (χ1) is 11.1. The number of para-hydroxylation sites is 1. The molecule has 0 aromatic heterocycles. The van der Waals surface area contributed by atoms with Crippen molar-refractivity contribution in [1.29, 1.82) is 0 Å². The van der Waals surface area contributed by atoms with Crippen LogP contribution in [-0.4, -0.2) is 17.2 Å². The van der Waals surface area contributed by atoms with Gasteiger partial charge in [0.2, 0.25) is 0 Å². The fourth-order valence-electron chi connectivity index (χ4n) is 2.32. The Morgan fingerprint density at radius 1 is 1.13 bits per heavy atom. The molecule has 1 unspecified atom stereocenters. The van der Waals surface area contributed by atoms with Gasteiger partial charge in [0.1, 0.15) is 5.75 Å². The molecule has 3 heteroatoms. The molecule has 120 valence electrons. The van der Waals surface area contributed by atoms with E-state index in [1.54, 1.807) is 13.0 Å². The topological polar surface area (TPSA) is 46.5 Å². The third kappa shape index (κ3) is 4.99. The highest BCUT2D eigenvalue weighted by atomic mass is 16.5. The van der Waals surface area contributed by atoms with Crippen molar-refractivity contribution in [2.75, 3.05) is 0 Å². The van der Waals surface area contributed by atoms with Crippen LogP contribution >= 0.6 is 0 Å². The zero-order chi connectivity index (χ0) is 16.7. The zero-order valence-corrected chi connectivity index (χ0v) is 13.5. The molecule has 0 saturated carbocycles. The summed E-state index contributed by atoms with van der Waals surface area (Å²) in [7, 11) is 0. The van der Waals surface area contributed by atoms with Crippen LogP contribution in [0.1, 0.15) is 26.7 Å². The molecular formula is C20H22O3. The van der Waals surface area contributed by atoms with Crippen molar-refractivity contribution in [3.63, 3.8) is 0 Å². The molecular weight excluding hydrogens is 288 g/mol. The molecule has 0 radical (unpaired) electrons. The molecule has 0 heterocycles. The van der Waals surface area contributed by atoms with E-state index >= 15 is 0 Å². The maximum atomic E-state index is 10.8. The molecule has 1 atom stereocenters. The predicted octanol–water partition coefficient (Wildman–Crippen LogP) is 4.93. The van der Waals surface area contributed by atoms with Gasteiger partial charge in [0.15, 0.2) is 0 Å². The van der Waals surface area contributed by atoms with Crippen molar-refractivity contribution in [1.82, 2.24) is 0 Å². The predicted molar refractivity (Wildman–Crippen MR) is 92.6 cm³/mol. The SMILES string of the molecule is CC(=CCCC(C)Oc1ccccc1-c1ccccc1)C(=O)O. The number of carbonyl (C=O) groups is 1. The Bertz CT molecular complexity index is 674. The van der Waals surface area contributed by atoms with E-state index in [4.69, 9.17) is 9.84 Å². The van der Waals surface area contributed by atoms with Crippen LogP contribution in [0.2, 0.25) is 0 Å². The summed E-state index contributed by atoms with van der Waals surface area (Å²) in [6, 6.07) is 18.1. The smallest absolute Gasteiger partial charge is 0.330 e. The number of hydrogen-bond donors (Lipinski definition) is 1. The summed E-state index contributed by atoms with van der Waals surface area (Å²) in [4.78, 5) is 10.8. The molecule has 23 heavy (non-hydrogen) atoms. The Balaban J connectivity index is 2.03. The Hall–Kier alpha value is -2.55. The number of aliphatic carboxylic acids is 1. The van der Waals surface area contributed by atoms with E-state index in [9.17, 15) is 4.79 Å². The van der Waals surface area contributed by atoms with Crippen LogP contribution in [0.3, 0.4) is 0 Å². The molecule has 2 rings (SSSR count). The Kier molecular flexibility index (Phi) is 5.98. The first kappa shape index (κ1) is 16.8. The lowest BCUT2D eigenvalue weighted by molar-refractivity contribution is -0.132. The maximum Gasteiger partial charge on any atom is 0.330 e. The number of rotatable bonds is 7. The molecule has 0 spiro atoms. The summed E-state index contributed by atoms with van der Waals surface area (Å²) in [5.74, 6) is -0.0156. The quantitative estimate of drug-likeness (QED) is 0.737. The Labute approximate surface area is 137 Å². The molecule has 3 nitrogen and oxygen atoms in total. The largest absolute Gasteiger partial charge is 0.490 e. The minimum atomic E-state index is -0.868. The molecule has 0 aliphatic heterocycles. The second-order valence-corrected chi connectivity index (χ2v) is 5.56. The highest BCUT2D eigenvalue weighted by molar-refractivity contribution is 5.85.